The largest absolute Gasteiger partial charge is 0.489 e. The number of methoxy groups -OCH3 is 1. The standard InChI is InChI=1S/C9H12N2O4S/c1-14-9-8(16(10,12)13)7(4-5-11-9)15-6-2-3-6/h4-6H,2-3H2,1H3,(H2,10,12,13). The minimum Gasteiger partial charge on any atom is -0.489 e. The summed E-state index contributed by atoms with van der Waals surface area (Å²) in [6.45, 7) is 0. The molecule has 1 aliphatic rings. The Bertz CT molecular complexity index is 496. The first-order valence-corrected chi connectivity index (χ1v) is 6.29. The van der Waals surface area contributed by atoms with Gasteiger partial charge in [-0.3, -0.25) is 0 Å². The molecule has 2 rings (SSSR count). The summed E-state index contributed by atoms with van der Waals surface area (Å²) in [7, 11) is -2.58. The van der Waals surface area contributed by atoms with Crippen molar-refractivity contribution >= 4 is 10.0 Å². The number of nitrogens with two attached hydrogens (primary N) is 1. The predicted molar refractivity (Wildman–Crippen MR) is 55.8 cm³/mol. The molecule has 1 aromatic heterocycles. The molecule has 0 atom stereocenters. The molecule has 1 aromatic rings. The van der Waals surface area contributed by atoms with E-state index in [2.05, 4.69) is 4.98 Å². The second kappa shape index (κ2) is 3.91. The lowest BCUT2D eigenvalue weighted by atomic mass is 10.4. The van der Waals surface area contributed by atoms with Crippen LogP contribution < -0.4 is 14.6 Å². The number of pyridine rings is 1. The van der Waals surface area contributed by atoms with Crippen LogP contribution in [0, 0.1) is 0 Å². The maximum Gasteiger partial charge on any atom is 0.247 e. The first-order chi connectivity index (χ1) is 7.52. The van der Waals surface area contributed by atoms with Crippen LogP contribution >= 0.6 is 0 Å². The number of nitrogens with zero attached hydrogens (tertiary/aromatic N) is 1. The maximum absolute atomic E-state index is 11.4. The number of rotatable bonds is 4. The van der Waals surface area contributed by atoms with Crippen LogP contribution in [0.3, 0.4) is 0 Å². The van der Waals surface area contributed by atoms with Crippen LogP contribution in [0.25, 0.3) is 0 Å². The van der Waals surface area contributed by atoms with Crippen LogP contribution in [-0.4, -0.2) is 26.6 Å². The van der Waals surface area contributed by atoms with Gasteiger partial charge in [0, 0.05) is 12.3 Å². The molecule has 0 bridgehead atoms. The van der Waals surface area contributed by atoms with Crippen molar-refractivity contribution < 1.29 is 17.9 Å². The van der Waals surface area contributed by atoms with Gasteiger partial charge < -0.3 is 9.47 Å². The summed E-state index contributed by atoms with van der Waals surface area (Å²) >= 11 is 0. The molecule has 0 aromatic carbocycles. The van der Waals surface area contributed by atoms with Gasteiger partial charge in [0.25, 0.3) is 0 Å². The summed E-state index contributed by atoms with van der Waals surface area (Å²) in [4.78, 5) is 3.60. The Labute approximate surface area is 93.4 Å². The molecular formula is C9H12N2O4S. The summed E-state index contributed by atoms with van der Waals surface area (Å²) < 4.78 is 33.1. The highest BCUT2D eigenvalue weighted by Crippen LogP contribution is 2.34. The highest BCUT2D eigenvalue weighted by molar-refractivity contribution is 7.89. The van der Waals surface area contributed by atoms with Gasteiger partial charge in [0.2, 0.25) is 15.9 Å². The molecule has 0 unspecified atom stereocenters. The first kappa shape index (κ1) is 11.2. The molecule has 7 heteroatoms. The first-order valence-electron chi connectivity index (χ1n) is 4.75. The summed E-state index contributed by atoms with van der Waals surface area (Å²) in [6.07, 6.45) is 3.35. The zero-order valence-corrected chi connectivity index (χ0v) is 9.53. The minimum absolute atomic E-state index is 0.0411. The number of ether oxygens (including phenoxy) is 2. The SMILES string of the molecule is COc1nccc(OC2CC2)c1S(N)(=O)=O. The van der Waals surface area contributed by atoms with Gasteiger partial charge in [0.05, 0.1) is 13.2 Å². The van der Waals surface area contributed by atoms with Crippen molar-refractivity contribution in [1.82, 2.24) is 4.98 Å². The quantitative estimate of drug-likeness (QED) is 0.821. The van der Waals surface area contributed by atoms with E-state index in [9.17, 15) is 8.42 Å². The molecule has 1 saturated carbocycles. The lowest BCUT2D eigenvalue weighted by Crippen LogP contribution is -2.16. The van der Waals surface area contributed by atoms with Gasteiger partial charge in [-0.05, 0) is 12.8 Å². The van der Waals surface area contributed by atoms with Crippen molar-refractivity contribution in [3.63, 3.8) is 0 Å². The zero-order chi connectivity index (χ0) is 11.8. The van der Waals surface area contributed by atoms with E-state index in [0.29, 0.717) is 0 Å². The molecule has 2 N–H and O–H groups in total. The van der Waals surface area contributed by atoms with Gasteiger partial charge in [-0.15, -0.1) is 0 Å². The molecule has 0 radical (unpaired) electrons. The van der Waals surface area contributed by atoms with Crippen LogP contribution in [0.1, 0.15) is 12.8 Å². The molecule has 0 amide bonds. The van der Waals surface area contributed by atoms with Crippen molar-refractivity contribution in [3.8, 4) is 11.6 Å². The van der Waals surface area contributed by atoms with Crippen LogP contribution in [-0.2, 0) is 10.0 Å². The lowest BCUT2D eigenvalue weighted by Gasteiger charge is -2.11. The zero-order valence-electron chi connectivity index (χ0n) is 8.71. The molecule has 6 nitrogen and oxygen atoms in total. The fraction of sp³-hybridized carbons (Fsp3) is 0.444. The topological polar surface area (TPSA) is 91.5 Å². The Morgan fingerprint density at radius 1 is 1.50 bits per heavy atom. The molecule has 1 heterocycles. The van der Waals surface area contributed by atoms with E-state index >= 15 is 0 Å². The average molecular weight is 244 g/mol. The summed E-state index contributed by atoms with van der Waals surface area (Å²) in [5.41, 5.74) is 0. The van der Waals surface area contributed by atoms with Gasteiger partial charge in [-0.2, -0.15) is 0 Å². The molecule has 1 fully saturated rings. The summed E-state index contributed by atoms with van der Waals surface area (Å²) in [5.74, 6) is 0.164. The van der Waals surface area contributed by atoms with E-state index in [1.54, 1.807) is 0 Å². The molecule has 1 aliphatic carbocycles. The van der Waals surface area contributed by atoms with E-state index in [4.69, 9.17) is 14.6 Å². The third-order valence-corrected chi connectivity index (χ3v) is 3.08. The Kier molecular flexibility index (Phi) is 2.73. The second-order valence-electron chi connectivity index (χ2n) is 3.51. The van der Waals surface area contributed by atoms with Gasteiger partial charge in [-0.25, -0.2) is 18.5 Å². The van der Waals surface area contributed by atoms with E-state index in [-0.39, 0.29) is 22.6 Å². The van der Waals surface area contributed by atoms with E-state index in [1.807, 2.05) is 0 Å². The van der Waals surface area contributed by atoms with E-state index in [1.165, 1.54) is 19.4 Å². The number of hydrogen-bond acceptors (Lipinski definition) is 5. The Hall–Kier alpha value is -1.34. The number of hydrogen-bond donors (Lipinski definition) is 1. The summed E-state index contributed by atoms with van der Waals surface area (Å²) in [5, 5.41) is 5.10. The van der Waals surface area contributed by atoms with Crippen LogP contribution in [0.15, 0.2) is 17.2 Å². The van der Waals surface area contributed by atoms with E-state index < -0.39 is 10.0 Å². The lowest BCUT2D eigenvalue weighted by molar-refractivity contribution is 0.288. The van der Waals surface area contributed by atoms with Gasteiger partial charge >= 0.3 is 0 Å². The van der Waals surface area contributed by atoms with E-state index in [0.717, 1.165) is 12.8 Å². The average Bonchev–Trinajstić information content (AvgIpc) is 2.99. The molecular weight excluding hydrogens is 232 g/mol. The third-order valence-electron chi connectivity index (χ3n) is 2.13. The monoisotopic (exact) mass is 244 g/mol. The Morgan fingerprint density at radius 2 is 2.19 bits per heavy atom. The number of sulfonamides is 1. The fourth-order valence-electron chi connectivity index (χ4n) is 1.28. The molecule has 88 valence electrons. The van der Waals surface area contributed by atoms with Crippen molar-refractivity contribution in [2.75, 3.05) is 7.11 Å². The van der Waals surface area contributed by atoms with Crippen molar-refractivity contribution in [2.24, 2.45) is 5.14 Å². The smallest absolute Gasteiger partial charge is 0.247 e. The normalized spacial score (nSPS) is 15.9. The highest BCUT2D eigenvalue weighted by atomic mass is 32.2. The maximum atomic E-state index is 11.4. The Balaban J connectivity index is 2.49. The third kappa shape index (κ3) is 2.25. The molecule has 0 saturated heterocycles. The van der Waals surface area contributed by atoms with Crippen molar-refractivity contribution in [1.29, 1.82) is 0 Å². The molecule has 0 spiro atoms. The van der Waals surface area contributed by atoms with Gasteiger partial charge in [0.1, 0.15) is 5.75 Å². The minimum atomic E-state index is -3.91. The van der Waals surface area contributed by atoms with Crippen LogP contribution in [0.2, 0.25) is 0 Å². The van der Waals surface area contributed by atoms with Crippen LogP contribution in [0.4, 0.5) is 0 Å². The van der Waals surface area contributed by atoms with Gasteiger partial charge in [-0.1, -0.05) is 0 Å². The highest BCUT2D eigenvalue weighted by Gasteiger charge is 2.29. The van der Waals surface area contributed by atoms with Gasteiger partial charge in [0.15, 0.2) is 4.90 Å². The Morgan fingerprint density at radius 3 is 2.69 bits per heavy atom. The summed E-state index contributed by atoms with van der Waals surface area (Å²) in [6, 6.07) is 1.47. The van der Waals surface area contributed by atoms with Crippen molar-refractivity contribution in [3.05, 3.63) is 12.3 Å². The number of aromatic nitrogens is 1. The van der Waals surface area contributed by atoms with Crippen molar-refractivity contribution in [2.45, 2.75) is 23.8 Å². The molecule has 16 heavy (non-hydrogen) atoms. The van der Waals surface area contributed by atoms with Crippen LogP contribution in [0.5, 0.6) is 11.6 Å². The fourth-order valence-corrected chi connectivity index (χ4v) is 2.05. The molecule has 0 aliphatic heterocycles. The second-order valence-corrected chi connectivity index (χ2v) is 5.01. The predicted octanol–water partition coefficient (Wildman–Crippen LogP) is 0.279. The number of primary sulfonamides is 1.